The van der Waals surface area contributed by atoms with Crippen LogP contribution in [0, 0.1) is 6.07 Å². The van der Waals surface area contributed by atoms with E-state index in [9.17, 15) is 15.0 Å². The fraction of sp³-hybridized carbons (Fsp3) is 0.225. The number of carbonyl (C=O) groups is 1. The molecule has 0 spiro atoms. The molecule has 0 bridgehead atoms. The van der Waals surface area contributed by atoms with Crippen LogP contribution in [-0.2, 0) is 35.2 Å². The van der Waals surface area contributed by atoms with Gasteiger partial charge in [-0.25, -0.2) is 0 Å². The van der Waals surface area contributed by atoms with Gasteiger partial charge in [-0.05, 0) is 78.4 Å². The van der Waals surface area contributed by atoms with E-state index in [-0.39, 0.29) is 29.2 Å². The normalized spacial score (nSPS) is 12.9. The Hall–Kier alpha value is -4.56. The van der Waals surface area contributed by atoms with Crippen LogP contribution < -0.4 is 9.47 Å². The third kappa shape index (κ3) is 9.48. The van der Waals surface area contributed by atoms with Crippen LogP contribution in [0.5, 0.6) is 17.2 Å². The van der Waals surface area contributed by atoms with Crippen molar-refractivity contribution in [2.75, 3.05) is 13.7 Å². The molecule has 0 aliphatic heterocycles. The van der Waals surface area contributed by atoms with Gasteiger partial charge in [-0.2, -0.15) is 30.3 Å². The monoisotopic (exact) mass is 676 g/mol. The van der Waals surface area contributed by atoms with Crippen LogP contribution in [0.15, 0.2) is 127 Å². The second kappa shape index (κ2) is 18.0. The third-order valence-corrected chi connectivity index (χ3v) is 8.41. The van der Waals surface area contributed by atoms with E-state index in [0.29, 0.717) is 12.2 Å². The van der Waals surface area contributed by atoms with Crippen molar-refractivity contribution in [2.24, 2.45) is 0 Å². The van der Waals surface area contributed by atoms with Crippen molar-refractivity contribution in [1.82, 2.24) is 0 Å². The quantitative estimate of drug-likeness (QED) is 0.0672. The number of methoxy groups -OCH3 is 1. The molecule has 0 radical (unpaired) electrons. The van der Waals surface area contributed by atoms with Crippen LogP contribution in [0.25, 0.3) is 0 Å². The summed E-state index contributed by atoms with van der Waals surface area (Å²) in [6.45, 7) is 5.87. The van der Waals surface area contributed by atoms with E-state index >= 15 is 0 Å². The minimum atomic E-state index is -0.348. The predicted octanol–water partition coefficient (Wildman–Crippen LogP) is 8.12. The number of rotatable bonds is 10. The molecular weight excluding hydrogens is 635 g/mol. The van der Waals surface area contributed by atoms with Gasteiger partial charge in [-0.1, -0.05) is 73.7 Å². The molecule has 2 N–H and O–H groups in total. The van der Waals surface area contributed by atoms with E-state index in [2.05, 4.69) is 90.2 Å². The first-order chi connectivity index (χ1) is 22.7. The van der Waals surface area contributed by atoms with Gasteiger partial charge in [-0.15, -0.1) is 5.56 Å². The first kappa shape index (κ1) is 36.9. The van der Waals surface area contributed by atoms with Gasteiger partial charge in [0.25, 0.3) is 0 Å². The van der Waals surface area contributed by atoms with Gasteiger partial charge in [-0.3, -0.25) is 4.79 Å². The summed E-state index contributed by atoms with van der Waals surface area (Å²) in [5, 5.41) is 18.7. The summed E-state index contributed by atoms with van der Waals surface area (Å²) in [4.78, 5) is 11.0. The van der Waals surface area contributed by atoms with Gasteiger partial charge >= 0.3 is 25.5 Å². The van der Waals surface area contributed by atoms with Crippen LogP contribution in [-0.4, -0.2) is 29.9 Å². The Kier molecular flexibility index (Phi) is 14.1. The summed E-state index contributed by atoms with van der Waals surface area (Å²) >= 11 is 2.31. The number of aliphatic hydroxyl groups is 1. The Morgan fingerprint density at radius 2 is 1.17 bits per heavy atom. The van der Waals surface area contributed by atoms with Gasteiger partial charge in [0.2, 0.25) is 0 Å². The third-order valence-electron chi connectivity index (χ3n) is 8.41. The summed E-state index contributed by atoms with van der Waals surface area (Å²) in [5.74, 6) is 1.26. The summed E-state index contributed by atoms with van der Waals surface area (Å²) in [7, 11) is 1.69. The van der Waals surface area contributed by atoms with Crippen LogP contribution in [0.3, 0.4) is 0 Å². The number of benzene rings is 5. The van der Waals surface area contributed by atoms with E-state index in [0.717, 1.165) is 23.3 Å². The number of phenolic OH excluding ortho intramolecular Hbond substituents is 1. The number of ether oxygens (including phenoxy) is 2. The molecule has 0 aromatic heterocycles. The zero-order valence-electron chi connectivity index (χ0n) is 27.1. The summed E-state index contributed by atoms with van der Waals surface area (Å²) in [6, 6.07) is 44.8. The van der Waals surface area contributed by atoms with Gasteiger partial charge in [0.15, 0.2) is 0 Å². The zero-order chi connectivity index (χ0) is 34.3. The Balaban J connectivity index is 0.000000243. The summed E-state index contributed by atoms with van der Waals surface area (Å²) in [6.07, 6.45) is 1.43. The second-order valence-electron chi connectivity index (χ2n) is 11.3. The second-order valence-corrected chi connectivity index (χ2v) is 11.3. The number of aromatic hydroxyl groups is 1. The Morgan fingerprint density at radius 3 is 1.68 bits per heavy atom. The van der Waals surface area contributed by atoms with E-state index in [1.807, 2.05) is 48.5 Å². The van der Waals surface area contributed by atoms with E-state index in [1.54, 1.807) is 31.4 Å². The molecule has 5 rings (SSSR count). The van der Waals surface area contributed by atoms with Crippen molar-refractivity contribution in [2.45, 2.75) is 44.4 Å². The molecule has 0 saturated heterocycles. The average Bonchev–Trinajstić information content (AvgIpc) is 3.12. The minimum absolute atomic E-state index is 0.124. The van der Waals surface area contributed by atoms with Crippen LogP contribution in [0.2, 0.25) is 0 Å². The van der Waals surface area contributed by atoms with Crippen molar-refractivity contribution in [3.63, 3.8) is 0 Å². The number of carbonyl (C=O) groups excluding carboxylic acids is 1. The van der Waals surface area contributed by atoms with Crippen molar-refractivity contribution in [1.29, 1.82) is 0 Å². The first-order valence-corrected chi connectivity index (χ1v) is 15.6. The molecule has 5 aromatic rings. The molecule has 6 nitrogen and oxygen atoms in total. The number of aliphatic hydroxyl groups excluding tert-OH is 1. The van der Waals surface area contributed by atoms with E-state index < -0.39 is 0 Å². The van der Waals surface area contributed by atoms with Crippen LogP contribution in [0.4, 0.5) is 0 Å². The molecule has 0 saturated carbocycles. The number of phenols is 1. The summed E-state index contributed by atoms with van der Waals surface area (Å²) in [5.41, 5.74) is 5.38. The fourth-order valence-corrected chi connectivity index (χ4v) is 5.69. The molecule has 0 fully saturated rings. The molecule has 2 atom stereocenters. The molecule has 0 aliphatic carbocycles. The number of hydrogen-bond donors (Lipinski definition) is 2. The molecule has 0 aliphatic rings. The molecule has 247 valence electrons. The summed E-state index contributed by atoms with van der Waals surface area (Å²) < 4.78 is 18.3. The predicted molar refractivity (Wildman–Crippen MR) is 180 cm³/mol. The Labute approximate surface area is 285 Å². The number of hydrogen-bond acceptors (Lipinski definition) is 6. The SMILES string of the molecule is CC(=O)Oc1ccc(C(C)(CCCO)c2ccc(O)cc2)cc1.COc1ccc(C(C)(c2cc[c-]cc2)c2ccccc2)cc1.[O]=[Co]. The molecule has 2 unspecified atom stereocenters. The standard InChI is InChI=1S/C21H19O.C19H22O4.Co.O/c1-21(17-9-5-3-6-10-17,18-11-7-4-8-12-18)19-13-15-20(22-2)16-14-19;1-14(21)23-18-10-6-16(7-11-18)19(2,12-3-13-20)15-4-8-17(22)9-5-15;;/h3,5-16H,1-2H3;4-11,20,22H,3,12-13H2,1-2H3;;/q-1;;;. The van der Waals surface area contributed by atoms with E-state index in [1.165, 1.54) is 23.6 Å². The molecule has 47 heavy (non-hydrogen) atoms. The van der Waals surface area contributed by atoms with Crippen molar-refractivity contribution in [3.8, 4) is 17.2 Å². The molecule has 0 heterocycles. The van der Waals surface area contributed by atoms with Crippen molar-refractivity contribution in [3.05, 3.63) is 161 Å². The van der Waals surface area contributed by atoms with Gasteiger partial charge < -0.3 is 19.7 Å². The van der Waals surface area contributed by atoms with Gasteiger partial charge in [0.1, 0.15) is 17.2 Å². The molecular formula is C40H41CoO6-. The first-order valence-electron chi connectivity index (χ1n) is 15.2. The molecule has 0 amide bonds. The topological polar surface area (TPSA) is 93.1 Å². The maximum absolute atomic E-state index is 11.0. The zero-order valence-corrected chi connectivity index (χ0v) is 28.1. The Bertz CT molecular complexity index is 1600. The number of esters is 1. The van der Waals surface area contributed by atoms with Crippen LogP contribution in [0.1, 0.15) is 61.4 Å². The molecule has 5 aromatic carbocycles. The average molecular weight is 677 g/mol. The van der Waals surface area contributed by atoms with Crippen molar-refractivity contribution < 1.29 is 44.0 Å². The van der Waals surface area contributed by atoms with Gasteiger partial charge in [0, 0.05) is 24.4 Å². The molecule has 7 heteroatoms. The van der Waals surface area contributed by atoms with E-state index in [4.69, 9.17) is 13.3 Å². The maximum atomic E-state index is 11.0. The fourth-order valence-electron chi connectivity index (χ4n) is 5.69. The van der Waals surface area contributed by atoms with Gasteiger partial charge in [0.05, 0.1) is 7.11 Å². The van der Waals surface area contributed by atoms with Crippen molar-refractivity contribution >= 4 is 5.97 Å². The van der Waals surface area contributed by atoms with Crippen LogP contribution >= 0.6 is 0 Å². The Morgan fingerprint density at radius 1 is 0.702 bits per heavy atom.